The topological polar surface area (TPSA) is 41.1 Å². The molecule has 0 bridgehead atoms. The molecule has 0 saturated carbocycles. The minimum Gasteiger partial charge on any atom is -0.373 e. The van der Waals surface area contributed by atoms with Crippen LogP contribution < -0.4 is 10.6 Å². The van der Waals surface area contributed by atoms with Crippen molar-refractivity contribution in [2.24, 2.45) is 0 Å². The van der Waals surface area contributed by atoms with Gasteiger partial charge in [0.1, 0.15) is 11.9 Å². The van der Waals surface area contributed by atoms with Crippen LogP contribution in [0.2, 0.25) is 0 Å². The largest absolute Gasteiger partial charge is 0.373 e. The molecule has 0 heterocycles. The Kier molecular flexibility index (Phi) is 5.40. The monoisotopic (exact) mass is 348 g/mol. The fourth-order valence-corrected chi connectivity index (χ4v) is 1.86. The molecule has 1 aromatic carbocycles. The average Bonchev–Trinajstić information content (AvgIpc) is 2.29. The van der Waals surface area contributed by atoms with E-state index in [4.69, 9.17) is 0 Å². The van der Waals surface area contributed by atoms with E-state index in [1.165, 1.54) is 12.1 Å². The van der Waals surface area contributed by atoms with Gasteiger partial charge in [-0.3, -0.25) is 4.79 Å². The van der Waals surface area contributed by atoms with Gasteiger partial charge in [-0.25, -0.2) is 4.39 Å². The van der Waals surface area contributed by atoms with Gasteiger partial charge >= 0.3 is 0 Å². The Morgan fingerprint density at radius 1 is 1.65 bits per heavy atom. The van der Waals surface area contributed by atoms with Crippen LogP contribution in [-0.2, 0) is 4.79 Å². The molecule has 0 spiro atoms. The molecule has 1 rings (SSSR count). The number of carbonyl (C=O) groups is 1. The Labute approximate surface area is 114 Å². The molecule has 3 nitrogen and oxygen atoms in total. The molecule has 0 fully saturated rings. The van der Waals surface area contributed by atoms with Crippen molar-refractivity contribution in [2.75, 3.05) is 11.9 Å². The lowest BCUT2D eigenvalue weighted by Crippen LogP contribution is -2.37. The van der Waals surface area contributed by atoms with Gasteiger partial charge in [0, 0.05) is 15.8 Å². The summed E-state index contributed by atoms with van der Waals surface area (Å²) in [5, 5.41) is 5.71. The van der Waals surface area contributed by atoms with Gasteiger partial charge in [-0.05, 0) is 47.7 Å². The maximum Gasteiger partial charge on any atom is 0.242 e. The average molecular weight is 348 g/mol. The number of nitrogens with one attached hydrogen (secondary N) is 2. The number of rotatable bonds is 5. The number of anilines is 1. The summed E-state index contributed by atoms with van der Waals surface area (Å²) in [5.74, 6) is -0.409. The van der Waals surface area contributed by atoms with Gasteiger partial charge in [0.2, 0.25) is 5.91 Å². The Morgan fingerprint density at radius 2 is 2.35 bits per heavy atom. The molecule has 0 aromatic heterocycles. The van der Waals surface area contributed by atoms with Crippen LogP contribution in [0.15, 0.2) is 30.9 Å². The molecule has 0 aliphatic rings. The van der Waals surface area contributed by atoms with Crippen molar-refractivity contribution in [1.29, 1.82) is 0 Å². The number of halogens is 2. The molecule has 1 amide bonds. The van der Waals surface area contributed by atoms with Crippen LogP contribution >= 0.6 is 22.6 Å². The molecule has 17 heavy (non-hydrogen) atoms. The molecule has 5 heteroatoms. The van der Waals surface area contributed by atoms with E-state index in [0.29, 0.717) is 6.54 Å². The highest BCUT2D eigenvalue weighted by molar-refractivity contribution is 14.1. The Hall–Kier alpha value is -1.11. The minimum absolute atomic E-state index is 0.120. The fourth-order valence-electron chi connectivity index (χ4n) is 1.23. The van der Waals surface area contributed by atoms with Crippen molar-refractivity contribution >= 4 is 34.2 Å². The second-order valence-electron chi connectivity index (χ2n) is 3.52. The highest BCUT2D eigenvalue weighted by Crippen LogP contribution is 2.19. The van der Waals surface area contributed by atoms with E-state index in [9.17, 15) is 9.18 Å². The maximum absolute atomic E-state index is 12.9. The minimum atomic E-state index is -0.381. The van der Waals surface area contributed by atoms with Gasteiger partial charge in [-0.2, -0.15) is 0 Å². The highest BCUT2D eigenvalue weighted by atomic mass is 127. The fraction of sp³-hybridized carbons (Fsp3) is 0.250. The van der Waals surface area contributed by atoms with E-state index in [2.05, 4.69) is 17.2 Å². The summed E-state index contributed by atoms with van der Waals surface area (Å²) in [6.07, 6.45) is 1.62. The summed E-state index contributed by atoms with van der Waals surface area (Å²) in [6.45, 7) is 5.71. The predicted molar refractivity (Wildman–Crippen MR) is 75.4 cm³/mol. The molecule has 0 saturated heterocycles. The number of carbonyl (C=O) groups excluding carboxylic acids is 1. The first kappa shape index (κ1) is 14.0. The van der Waals surface area contributed by atoms with Crippen molar-refractivity contribution in [3.63, 3.8) is 0 Å². The summed E-state index contributed by atoms with van der Waals surface area (Å²) < 4.78 is 13.6. The zero-order chi connectivity index (χ0) is 12.8. The van der Waals surface area contributed by atoms with Gasteiger partial charge in [-0.1, -0.05) is 6.08 Å². The Morgan fingerprint density at radius 3 is 2.94 bits per heavy atom. The van der Waals surface area contributed by atoms with Crippen LogP contribution in [0.1, 0.15) is 6.92 Å². The van der Waals surface area contributed by atoms with Crippen molar-refractivity contribution in [1.82, 2.24) is 5.32 Å². The SMILES string of the molecule is C=CCNC(=O)C(C)Nc1ccc(F)cc1I. The van der Waals surface area contributed by atoms with Gasteiger partial charge in [-0.15, -0.1) is 6.58 Å². The summed E-state index contributed by atoms with van der Waals surface area (Å²) in [6, 6.07) is 4.01. The predicted octanol–water partition coefficient (Wildman–Crippen LogP) is 2.53. The van der Waals surface area contributed by atoms with E-state index in [1.54, 1.807) is 19.1 Å². The first-order chi connectivity index (χ1) is 8.04. The second kappa shape index (κ2) is 6.58. The summed E-state index contributed by atoms with van der Waals surface area (Å²) >= 11 is 2.02. The van der Waals surface area contributed by atoms with E-state index in [-0.39, 0.29) is 17.8 Å². The Bertz CT molecular complexity index is 423. The summed E-state index contributed by atoms with van der Waals surface area (Å²) in [4.78, 5) is 11.6. The molecule has 0 aliphatic heterocycles. The molecular weight excluding hydrogens is 334 g/mol. The van der Waals surface area contributed by atoms with Gasteiger partial charge < -0.3 is 10.6 Å². The third-order valence-electron chi connectivity index (χ3n) is 2.12. The van der Waals surface area contributed by atoms with Gasteiger partial charge in [0.15, 0.2) is 0 Å². The lowest BCUT2D eigenvalue weighted by molar-refractivity contribution is -0.121. The number of hydrogen-bond donors (Lipinski definition) is 2. The van der Waals surface area contributed by atoms with Crippen LogP contribution in [0.4, 0.5) is 10.1 Å². The van der Waals surface area contributed by atoms with Crippen LogP contribution in [0.3, 0.4) is 0 Å². The van der Waals surface area contributed by atoms with Crippen molar-refractivity contribution < 1.29 is 9.18 Å². The summed E-state index contributed by atoms with van der Waals surface area (Å²) in [7, 11) is 0. The van der Waals surface area contributed by atoms with Crippen molar-refractivity contribution in [3.05, 3.63) is 40.2 Å². The van der Waals surface area contributed by atoms with Crippen LogP contribution in [0.25, 0.3) is 0 Å². The molecule has 92 valence electrons. The van der Waals surface area contributed by atoms with Gasteiger partial charge in [0.05, 0.1) is 0 Å². The van der Waals surface area contributed by atoms with E-state index in [1.807, 2.05) is 22.6 Å². The number of hydrogen-bond acceptors (Lipinski definition) is 2. The molecule has 1 unspecified atom stereocenters. The second-order valence-corrected chi connectivity index (χ2v) is 4.69. The quantitative estimate of drug-likeness (QED) is 0.634. The normalized spacial score (nSPS) is 11.7. The lowest BCUT2D eigenvalue weighted by atomic mass is 10.2. The summed E-state index contributed by atoms with van der Waals surface area (Å²) in [5.41, 5.74) is 0.744. The van der Waals surface area contributed by atoms with Gasteiger partial charge in [0.25, 0.3) is 0 Å². The Balaban J connectivity index is 2.64. The van der Waals surface area contributed by atoms with Crippen molar-refractivity contribution in [2.45, 2.75) is 13.0 Å². The lowest BCUT2D eigenvalue weighted by Gasteiger charge is -2.15. The highest BCUT2D eigenvalue weighted by Gasteiger charge is 2.12. The first-order valence-electron chi connectivity index (χ1n) is 5.14. The molecule has 1 atom stereocenters. The molecule has 0 radical (unpaired) electrons. The zero-order valence-electron chi connectivity index (χ0n) is 9.47. The van der Waals surface area contributed by atoms with Crippen molar-refractivity contribution in [3.8, 4) is 0 Å². The van der Waals surface area contributed by atoms with Crippen LogP contribution in [0, 0.1) is 9.39 Å². The molecular formula is C12H14FIN2O. The smallest absolute Gasteiger partial charge is 0.242 e. The third kappa shape index (κ3) is 4.33. The van der Waals surface area contributed by atoms with E-state index >= 15 is 0 Å². The number of benzene rings is 1. The standard InChI is InChI=1S/C12H14FIN2O/c1-3-6-15-12(17)8(2)16-11-5-4-9(13)7-10(11)14/h3-5,7-8,16H,1,6H2,2H3,(H,15,17). The van der Waals surface area contributed by atoms with Crippen LogP contribution in [-0.4, -0.2) is 18.5 Å². The molecule has 0 aliphatic carbocycles. The van der Waals surface area contributed by atoms with E-state index in [0.717, 1.165) is 9.26 Å². The van der Waals surface area contributed by atoms with Crippen LogP contribution in [0.5, 0.6) is 0 Å². The first-order valence-corrected chi connectivity index (χ1v) is 6.22. The molecule has 1 aromatic rings. The zero-order valence-corrected chi connectivity index (χ0v) is 11.6. The third-order valence-corrected chi connectivity index (χ3v) is 3.01. The molecule has 2 N–H and O–H groups in total. The van der Waals surface area contributed by atoms with E-state index < -0.39 is 0 Å². The number of amides is 1. The maximum atomic E-state index is 12.9.